The molecule has 6 heteroatoms. The molecule has 5 rings (SSSR count). The molecule has 2 aromatic carbocycles. The first-order valence-corrected chi connectivity index (χ1v) is 12.4. The van der Waals surface area contributed by atoms with Crippen LogP contribution in [-0.4, -0.2) is 63.3 Å². The number of urea groups is 1. The minimum Gasteiger partial charge on any atom is -0.357 e. The van der Waals surface area contributed by atoms with E-state index in [2.05, 4.69) is 60.1 Å². The fourth-order valence-electron chi connectivity index (χ4n) is 5.53. The lowest BCUT2D eigenvalue weighted by Gasteiger charge is -2.42. The molecule has 0 aliphatic carbocycles. The van der Waals surface area contributed by atoms with E-state index >= 15 is 0 Å². The third kappa shape index (κ3) is 4.23. The molecule has 0 saturated carbocycles. The standard InChI is InChI=1S/C28H34N4O2/c1-21(2)19-31-26(33)28(32(27(31)34)15-12-22-8-4-3-5-9-22)13-16-30(17-14-28)20-24-18-23-10-6-7-11-25(23)29-24/h3-11,18,21,29H,12-17,19-20H2,1-2H3. The maximum atomic E-state index is 13.7. The van der Waals surface area contributed by atoms with Crippen LogP contribution in [0.1, 0.15) is 37.9 Å². The zero-order valence-corrected chi connectivity index (χ0v) is 20.2. The minimum atomic E-state index is -0.711. The van der Waals surface area contributed by atoms with Crippen LogP contribution in [0.3, 0.4) is 0 Å². The van der Waals surface area contributed by atoms with Gasteiger partial charge in [-0.05, 0) is 48.3 Å². The van der Waals surface area contributed by atoms with Crippen molar-refractivity contribution in [3.63, 3.8) is 0 Å². The summed E-state index contributed by atoms with van der Waals surface area (Å²) in [5.41, 5.74) is 2.82. The van der Waals surface area contributed by atoms with Crippen molar-refractivity contribution in [3.8, 4) is 0 Å². The van der Waals surface area contributed by atoms with Crippen molar-refractivity contribution >= 4 is 22.8 Å². The summed E-state index contributed by atoms with van der Waals surface area (Å²) in [6, 6.07) is 20.6. The zero-order chi connectivity index (χ0) is 23.7. The molecule has 178 valence electrons. The first-order chi connectivity index (χ1) is 16.5. The molecule has 2 aliphatic heterocycles. The number of nitrogens with one attached hydrogen (secondary N) is 1. The molecular weight excluding hydrogens is 424 g/mol. The third-order valence-electron chi connectivity index (χ3n) is 7.30. The van der Waals surface area contributed by atoms with E-state index in [0.29, 0.717) is 25.9 Å². The third-order valence-corrected chi connectivity index (χ3v) is 7.30. The molecule has 3 amide bonds. The van der Waals surface area contributed by atoms with Gasteiger partial charge in [0.1, 0.15) is 5.54 Å². The number of hydrogen-bond acceptors (Lipinski definition) is 3. The summed E-state index contributed by atoms with van der Waals surface area (Å²) in [6.07, 6.45) is 2.12. The van der Waals surface area contributed by atoms with Crippen LogP contribution in [0.25, 0.3) is 10.9 Å². The van der Waals surface area contributed by atoms with Gasteiger partial charge >= 0.3 is 6.03 Å². The van der Waals surface area contributed by atoms with Gasteiger partial charge in [-0.25, -0.2) is 4.79 Å². The number of imide groups is 1. The van der Waals surface area contributed by atoms with Crippen molar-refractivity contribution in [2.75, 3.05) is 26.2 Å². The monoisotopic (exact) mass is 458 g/mol. The van der Waals surface area contributed by atoms with Gasteiger partial charge in [0.15, 0.2) is 0 Å². The number of benzene rings is 2. The van der Waals surface area contributed by atoms with E-state index in [4.69, 9.17) is 0 Å². The van der Waals surface area contributed by atoms with Crippen LogP contribution in [-0.2, 0) is 17.8 Å². The smallest absolute Gasteiger partial charge is 0.327 e. The average molecular weight is 459 g/mol. The van der Waals surface area contributed by atoms with Crippen molar-refractivity contribution in [1.29, 1.82) is 0 Å². The average Bonchev–Trinajstić information content (AvgIpc) is 3.32. The minimum absolute atomic E-state index is 0.00419. The highest BCUT2D eigenvalue weighted by molar-refractivity contribution is 6.07. The summed E-state index contributed by atoms with van der Waals surface area (Å²) in [5, 5.41) is 1.22. The normalized spacial score (nSPS) is 18.7. The number of para-hydroxylation sites is 1. The second kappa shape index (κ2) is 9.26. The number of likely N-dealkylation sites (tertiary alicyclic amines) is 1. The second-order valence-corrected chi connectivity index (χ2v) is 10.2. The zero-order valence-electron chi connectivity index (χ0n) is 20.2. The highest BCUT2D eigenvalue weighted by atomic mass is 16.2. The van der Waals surface area contributed by atoms with E-state index in [1.807, 2.05) is 29.2 Å². The van der Waals surface area contributed by atoms with Crippen LogP contribution in [0.5, 0.6) is 0 Å². The Morgan fingerprint density at radius 1 is 0.971 bits per heavy atom. The van der Waals surface area contributed by atoms with Crippen LogP contribution in [0, 0.1) is 5.92 Å². The molecule has 1 N–H and O–H groups in total. The quantitative estimate of drug-likeness (QED) is 0.524. The maximum absolute atomic E-state index is 13.7. The number of H-pyrrole nitrogens is 1. The summed E-state index contributed by atoms with van der Waals surface area (Å²) in [4.78, 5) is 36.4. The molecule has 3 heterocycles. The first-order valence-electron chi connectivity index (χ1n) is 12.4. The summed E-state index contributed by atoms with van der Waals surface area (Å²) >= 11 is 0. The number of amides is 3. The predicted octanol–water partition coefficient (Wildman–Crippen LogP) is 4.67. The number of carbonyl (C=O) groups is 2. The van der Waals surface area contributed by atoms with Gasteiger partial charge in [0, 0.05) is 43.9 Å². The molecule has 2 saturated heterocycles. The van der Waals surface area contributed by atoms with E-state index in [9.17, 15) is 9.59 Å². The molecule has 0 bridgehead atoms. The van der Waals surface area contributed by atoms with Gasteiger partial charge in [-0.3, -0.25) is 14.6 Å². The van der Waals surface area contributed by atoms with Crippen LogP contribution in [0.15, 0.2) is 60.7 Å². The van der Waals surface area contributed by atoms with Gasteiger partial charge in [0.25, 0.3) is 5.91 Å². The molecule has 2 fully saturated rings. The molecular formula is C28H34N4O2. The van der Waals surface area contributed by atoms with Crippen molar-refractivity contribution in [2.45, 2.75) is 45.2 Å². The van der Waals surface area contributed by atoms with Gasteiger partial charge in [-0.15, -0.1) is 0 Å². The fourth-order valence-corrected chi connectivity index (χ4v) is 5.53. The van der Waals surface area contributed by atoms with Crippen LogP contribution in [0.4, 0.5) is 4.79 Å². The summed E-state index contributed by atoms with van der Waals surface area (Å²) in [5.74, 6) is 0.255. The Kier molecular flexibility index (Phi) is 6.17. The number of aromatic nitrogens is 1. The van der Waals surface area contributed by atoms with Gasteiger partial charge in [0.2, 0.25) is 0 Å². The summed E-state index contributed by atoms with van der Waals surface area (Å²) in [6.45, 7) is 7.60. The topological polar surface area (TPSA) is 59.7 Å². The molecule has 1 spiro atoms. The number of nitrogens with zero attached hydrogens (tertiary/aromatic N) is 3. The van der Waals surface area contributed by atoms with Crippen LogP contribution >= 0.6 is 0 Å². The molecule has 6 nitrogen and oxygen atoms in total. The number of aromatic amines is 1. The van der Waals surface area contributed by atoms with E-state index in [1.165, 1.54) is 21.5 Å². The van der Waals surface area contributed by atoms with E-state index in [0.717, 1.165) is 31.6 Å². The summed E-state index contributed by atoms with van der Waals surface area (Å²) in [7, 11) is 0. The number of rotatable bonds is 7. The number of carbonyl (C=O) groups excluding carboxylic acids is 2. The lowest BCUT2D eigenvalue weighted by molar-refractivity contribution is -0.136. The first kappa shape index (κ1) is 22.7. The maximum Gasteiger partial charge on any atom is 0.327 e. The Hall–Kier alpha value is -3.12. The van der Waals surface area contributed by atoms with Gasteiger partial charge in [-0.1, -0.05) is 62.4 Å². The Morgan fingerprint density at radius 3 is 2.38 bits per heavy atom. The number of hydrogen-bond donors (Lipinski definition) is 1. The second-order valence-electron chi connectivity index (χ2n) is 10.2. The van der Waals surface area contributed by atoms with E-state index < -0.39 is 5.54 Å². The van der Waals surface area contributed by atoms with Gasteiger partial charge in [-0.2, -0.15) is 0 Å². The molecule has 2 aliphatic rings. The highest BCUT2D eigenvalue weighted by Crippen LogP contribution is 2.38. The lowest BCUT2D eigenvalue weighted by atomic mass is 9.85. The van der Waals surface area contributed by atoms with E-state index in [-0.39, 0.29) is 17.9 Å². The molecule has 34 heavy (non-hydrogen) atoms. The Bertz CT molecular complexity index is 1130. The van der Waals surface area contributed by atoms with Crippen LogP contribution in [0.2, 0.25) is 0 Å². The Labute approximate surface area is 201 Å². The molecule has 3 aromatic rings. The Balaban J connectivity index is 1.32. The fraction of sp³-hybridized carbons (Fsp3) is 0.429. The highest BCUT2D eigenvalue weighted by Gasteiger charge is 2.57. The largest absolute Gasteiger partial charge is 0.357 e. The Morgan fingerprint density at radius 2 is 1.68 bits per heavy atom. The van der Waals surface area contributed by atoms with E-state index in [1.54, 1.807) is 0 Å². The number of fused-ring (bicyclic) bond motifs is 1. The van der Waals surface area contributed by atoms with Crippen molar-refractivity contribution in [3.05, 3.63) is 71.9 Å². The molecule has 0 atom stereocenters. The van der Waals surface area contributed by atoms with Gasteiger partial charge < -0.3 is 9.88 Å². The van der Waals surface area contributed by atoms with Crippen molar-refractivity contribution in [1.82, 2.24) is 19.7 Å². The SMILES string of the molecule is CC(C)CN1C(=O)N(CCc2ccccc2)C2(CCN(Cc3cc4ccccc4[nH]3)CC2)C1=O. The van der Waals surface area contributed by atoms with Gasteiger partial charge in [0.05, 0.1) is 0 Å². The molecule has 0 unspecified atom stereocenters. The van der Waals surface area contributed by atoms with Crippen LogP contribution < -0.4 is 0 Å². The predicted molar refractivity (Wildman–Crippen MR) is 134 cm³/mol. The van der Waals surface area contributed by atoms with Crippen molar-refractivity contribution in [2.24, 2.45) is 5.92 Å². The lowest BCUT2D eigenvalue weighted by Crippen LogP contribution is -2.56. The molecule has 0 radical (unpaired) electrons. The van der Waals surface area contributed by atoms with Crippen molar-refractivity contribution < 1.29 is 9.59 Å². The summed E-state index contributed by atoms with van der Waals surface area (Å²) < 4.78 is 0. The molecule has 1 aromatic heterocycles. The number of piperidine rings is 1.